The third kappa shape index (κ3) is 3.04. The number of hydrogen-bond donors (Lipinski definition) is 1. The first-order valence-corrected chi connectivity index (χ1v) is 7.47. The van der Waals surface area contributed by atoms with E-state index < -0.39 is 5.82 Å². The molecule has 3 rings (SSSR count). The minimum Gasteiger partial charge on any atom is -0.493 e. The Morgan fingerprint density at radius 1 is 1.29 bits per heavy atom. The second-order valence-electron chi connectivity index (χ2n) is 5.33. The number of fused-ring (bicyclic) bond motifs is 1. The molecule has 2 nitrogen and oxygen atoms in total. The lowest BCUT2D eigenvalue weighted by atomic mass is 9.98. The Kier molecular flexibility index (Phi) is 4.13. The van der Waals surface area contributed by atoms with Gasteiger partial charge in [0.2, 0.25) is 0 Å². The number of rotatable bonds is 4. The van der Waals surface area contributed by atoms with Gasteiger partial charge in [-0.3, -0.25) is 0 Å². The number of aryl methyl sites for hydroxylation is 1. The van der Waals surface area contributed by atoms with Crippen LogP contribution in [0.2, 0.25) is 5.02 Å². The molecule has 0 amide bonds. The quantitative estimate of drug-likeness (QED) is 0.925. The highest BCUT2D eigenvalue weighted by Crippen LogP contribution is 2.29. The van der Waals surface area contributed by atoms with E-state index in [0.717, 1.165) is 31.6 Å². The van der Waals surface area contributed by atoms with Crippen LogP contribution in [0.15, 0.2) is 36.4 Å². The van der Waals surface area contributed by atoms with E-state index in [4.69, 9.17) is 22.1 Å². The molecule has 0 fully saturated rings. The van der Waals surface area contributed by atoms with Gasteiger partial charge in [-0.05, 0) is 41.7 Å². The van der Waals surface area contributed by atoms with Crippen molar-refractivity contribution in [2.75, 3.05) is 6.61 Å². The highest BCUT2D eigenvalue weighted by atomic mass is 35.5. The van der Waals surface area contributed by atoms with Crippen LogP contribution in [0.1, 0.15) is 29.2 Å². The maximum atomic E-state index is 13.5. The normalized spacial score (nSPS) is 14.6. The van der Waals surface area contributed by atoms with Crippen LogP contribution in [0.4, 0.5) is 4.39 Å². The zero-order chi connectivity index (χ0) is 14.8. The summed E-state index contributed by atoms with van der Waals surface area (Å²) in [6.07, 6.45) is 2.52. The summed E-state index contributed by atoms with van der Waals surface area (Å²) in [5.41, 5.74) is 9.30. The van der Waals surface area contributed by atoms with Crippen LogP contribution >= 0.6 is 11.6 Å². The van der Waals surface area contributed by atoms with Gasteiger partial charge in [-0.2, -0.15) is 0 Å². The molecule has 1 unspecified atom stereocenters. The Morgan fingerprint density at radius 2 is 2.14 bits per heavy atom. The van der Waals surface area contributed by atoms with Crippen molar-refractivity contribution >= 4 is 11.6 Å². The molecule has 21 heavy (non-hydrogen) atoms. The largest absolute Gasteiger partial charge is 0.493 e. The van der Waals surface area contributed by atoms with E-state index in [1.165, 1.54) is 17.2 Å². The molecule has 0 saturated heterocycles. The number of benzene rings is 2. The molecular weight excluding hydrogens is 289 g/mol. The van der Waals surface area contributed by atoms with Crippen LogP contribution in [0, 0.1) is 5.82 Å². The smallest absolute Gasteiger partial charge is 0.142 e. The van der Waals surface area contributed by atoms with Crippen molar-refractivity contribution in [3.63, 3.8) is 0 Å². The van der Waals surface area contributed by atoms with E-state index in [0.29, 0.717) is 5.56 Å². The summed E-state index contributed by atoms with van der Waals surface area (Å²) in [5, 5.41) is 0.132. The van der Waals surface area contributed by atoms with Gasteiger partial charge in [0.05, 0.1) is 11.6 Å². The van der Waals surface area contributed by atoms with Crippen molar-refractivity contribution in [3.8, 4) is 5.75 Å². The Balaban J connectivity index is 1.68. The molecule has 0 saturated carbocycles. The highest BCUT2D eigenvalue weighted by Gasteiger charge is 2.15. The van der Waals surface area contributed by atoms with Crippen molar-refractivity contribution in [3.05, 3.63) is 63.9 Å². The molecule has 2 aromatic carbocycles. The fourth-order valence-corrected chi connectivity index (χ4v) is 2.95. The van der Waals surface area contributed by atoms with Gasteiger partial charge >= 0.3 is 0 Å². The Morgan fingerprint density at radius 3 is 3.00 bits per heavy atom. The molecule has 0 radical (unpaired) electrons. The van der Waals surface area contributed by atoms with Crippen molar-refractivity contribution < 1.29 is 9.13 Å². The first-order valence-electron chi connectivity index (χ1n) is 7.09. The second kappa shape index (κ2) is 6.04. The Hall–Kier alpha value is -1.58. The number of halogens is 2. The third-order valence-electron chi connectivity index (χ3n) is 3.88. The molecule has 2 N–H and O–H groups in total. The maximum absolute atomic E-state index is 13.5. The minimum atomic E-state index is -0.417. The topological polar surface area (TPSA) is 35.2 Å². The van der Waals surface area contributed by atoms with E-state index in [-0.39, 0.29) is 11.1 Å². The van der Waals surface area contributed by atoms with Gasteiger partial charge in [0.1, 0.15) is 11.6 Å². The summed E-state index contributed by atoms with van der Waals surface area (Å²) < 4.78 is 18.9. The lowest BCUT2D eigenvalue weighted by Gasteiger charge is -2.14. The van der Waals surface area contributed by atoms with Crippen molar-refractivity contribution in [2.24, 2.45) is 5.73 Å². The highest BCUT2D eigenvalue weighted by molar-refractivity contribution is 6.31. The molecule has 2 aromatic rings. The summed E-state index contributed by atoms with van der Waals surface area (Å²) >= 11 is 5.98. The SMILES string of the molecule is NC(CCc1ccc2c(c1)CCO2)c1cccc(F)c1Cl. The summed E-state index contributed by atoms with van der Waals surface area (Å²) in [6, 6.07) is 10.7. The first-order chi connectivity index (χ1) is 10.1. The fourth-order valence-electron chi connectivity index (χ4n) is 2.68. The van der Waals surface area contributed by atoms with Crippen LogP contribution < -0.4 is 10.5 Å². The maximum Gasteiger partial charge on any atom is 0.142 e. The molecule has 1 aliphatic heterocycles. The van der Waals surface area contributed by atoms with Crippen LogP contribution in [0.25, 0.3) is 0 Å². The molecule has 1 aliphatic rings. The standard InChI is InChI=1S/C17H17ClFNO/c18-17-13(2-1-3-14(17)19)15(20)6-4-11-5-7-16-12(10-11)8-9-21-16/h1-3,5,7,10,15H,4,6,8-9,20H2. The van der Waals surface area contributed by atoms with Gasteiger partial charge < -0.3 is 10.5 Å². The van der Waals surface area contributed by atoms with E-state index in [9.17, 15) is 4.39 Å². The van der Waals surface area contributed by atoms with Crippen LogP contribution in [-0.2, 0) is 12.8 Å². The number of nitrogens with two attached hydrogens (primary N) is 1. The van der Waals surface area contributed by atoms with Crippen LogP contribution in [-0.4, -0.2) is 6.61 Å². The molecule has 0 aliphatic carbocycles. The lowest BCUT2D eigenvalue weighted by Crippen LogP contribution is -2.12. The van der Waals surface area contributed by atoms with Crippen molar-refractivity contribution in [2.45, 2.75) is 25.3 Å². The molecule has 1 atom stereocenters. The van der Waals surface area contributed by atoms with Crippen molar-refractivity contribution in [1.29, 1.82) is 0 Å². The van der Waals surface area contributed by atoms with Gasteiger partial charge in [0, 0.05) is 12.5 Å². The molecule has 0 spiro atoms. The molecule has 1 heterocycles. The summed E-state index contributed by atoms with van der Waals surface area (Å²) in [6.45, 7) is 0.761. The zero-order valence-corrected chi connectivity index (χ0v) is 12.4. The van der Waals surface area contributed by atoms with Crippen LogP contribution in [0.3, 0.4) is 0 Å². The van der Waals surface area contributed by atoms with E-state index in [1.807, 2.05) is 6.07 Å². The molecule has 0 bridgehead atoms. The van der Waals surface area contributed by atoms with Gasteiger partial charge in [-0.15, -0.1) is 0 Å². The average molecular weight is 306 g/mol. The molecule has 4 heteroatoms. The van der Waals surface area contributed by atoms with E-state index in [1.54, 1.807) is 12.1 Å². The second-order valence-corrected chi connectivity index (χ2v) is 5.71. The minimum absolute atomic E-state index is 0.132. The molecule has 0 aromatic heterocycles. The lowest BCUT2D eigenvalue weighted by molar-refractivity contribution is 0.357. The molecule has 110 valence electrons. The van der Waals surface area contributed by atoms with Gasteiger partial charge in [-0.25, -0.2) is 4.39 Å². The number of ether oxygens (including phenoxy) is 1. The van der Waals surface area contributed by atoms with E-state index in [2.05, 4.69) is 12.1 Å². The van der Waals surface area contributed by atoms with E-state index >= 15 is 0 Å². The van der Waals surface area contributed by atoms with Gasteiger partial charge in [0.15, 0.2) is 0 Å². The summed E-state index contributed by atoms with van der Waals surface area (Å²) in [7, 11) is 0. The van der Waals surface area contributed by atoms with Crippen LogP contribution in [0.5, 0.6) is 5.75 Å². The summed E-state index contributed by atoms with van der Waals surface area (Å²) in [4.78, 5) is 0. The third-order valence-corrected chi connectivity index (χ3v) is 4.28. The number of hydrogen-bond acceptors (Lipinski definition) is 2. The van der Waals surface area contributed by atoms with Crippen molar-refractivity contribution in [1.82, 2.24) is 0 Å². The average Bonchev–Trinajstić information content (AvgIpc) is 2.95. The fraction of sp³-hybridized carbons (Fsp3) is 0.294. The molecular formula is C17H17ClFNO. The van der Waals surface area contributed by atoms with Gasteiger partial charge in [0.25, 0.3) is 0 Å². The predicted octanol–water partition coefficient (Wildman–Crippen LogP) is 4.05. The first kappa shape index (κ1) is 14.4. The van der Waals surface area contributed by atoms with Gasteiger partial charge in [-0.1, -0.05) is 35.9 Å². The predicted molar refractivity (Wildman–Crippen MR) is 82.3 cm³/mol. The Bertz CT molecular complexity index is 659. The summed E-state index contributed by atoms with van der Waals surface area (Å²) in [5.74, 6) is 0.565. The zero-order valence-electron chi connectivity index (χ0n) is 11.6. The monoisotopic (exact) mass is 305 g/mol. The Labute approximate surface area is 128 Å².